The molecular weight excluding hydrogens is 238 g/mol. The number of nitrogens with one attached hydrogen (secondary N) is 1. The van der Waals surface area contributed by atoms with Gasteiger partial charge in [-0.05, 0) is 60.5 Å². The van der Waals surface area contributed by atoms with E-state index in [1.165, 1.54) is 5.56 Å². The second kappa shape index (κ2) is 5.48. The first-order valence-corrected chi connectivity index (χ1v) is 6.97. The third kappa shape index (κ3) is 2.51. The fraction of sp³-hybridized carbons (Fsp3) is 0.500. The maximum absolute atomic E-state index is 4.23. The molecule has 19 heavy (non-hydrogen) atoms. The fourth-order valence-corrected chi connectivity index (χ4v) is 2.59. The Morgan fingerprint density at radius 1 is 1.21 bits per heavy atom. The Morgan fingerprint density at radius 2 is 1.95 bits per heavy atom. The van der Waals surface area contributed by atoms with Crippen molar-refractivity contribution in [2.24, 2.45) is 0 Å². The molecule has 1 saturated heterocycles. The van der Waals surface area contributed by atoms with Crippen molar-refractivity contribution < 1.29 is 0 Å². The van der Waals surface area contributed by atoms with Crippen molar-refractivity contribution in [3.63, 3.8) is 0 Å². The Morgan fingerprint density at radius 3 is 2.63 bits per heavy atom. The van der Waals surface area contributed by atoms with Crippen molar-refractivity contribution in [2.45, 2.75) is 32.1 Å². The standard InChI is InChI=1S/C14H19N5/c1-2-11-3-5-13(6-4-11)19-14(16-17-18-19)12-7-9-15-10-8-12/h3-6,12,15H,2,7-10H2,1H3. The molecular formula is C14H19N5. The predicted octanol–water partition coefficient (Wildman–Crippen LogP) is 1.69. The minimum Gasteiger partial charge on any atom is -0.317 e. The summed E-state index contributed by atoms with van der Waals surface area (Å²) in [6.45, 7) is 4.26. The van der Waals surface area contributed by atoms with E-state index < -0.39 is 0 Å². The Bertz CT molecular complexity index is 525. The van der Waals surface area contributed by atoms with Crippen molar-refractivity contribution in [3.05, 3.63) is 35.7 Å². The Hall–Kier alpha value is -1.75. The molecule has 0 aliphatic carbocycles. The molecule has 2 aromatic rings. The van der Waals surface area contributed by atoms with E-state index in [2.05, 4.69) is 52.0 Å². The van der Waals surface area contributed by atoms with E-state index in [0.717, 1.165) is 43.9 Å². The van der Waals surface area contributed by atoms with Gasteiger partial charge in [0.1, 0.15) is 0 Å². The minimum absolute atomic E-state index is 0.460. The van der Waals surface area contributed by atoms with Crippen LogP contribution in [0.2, 0.25) is 0 Å². The molecule has 1 aromatic heterocycles. The Kier molecular flexibility index (Phi) is 3.55. The highest BCUT2D eigenvalue weighted by atomic mass is 15.5. The number of aryl methyl sites for hydroxylation is 1. The molecule has 5 nitrogen and oxygen atoms in total. The first-order valence-electron chi connectivity index (χ1n) is 6.97. The number of benzene rings is 1. The normalized spacial score (nSPS) is 16.7. The number of hydrogen-bond acceptors (Lipinski definition) is 4. The molecule has 1 aliphatic heterocycles. The van der Waals surface area contributed by atoms with Crippen LogP contribution in [0.4, 0.5) is 0 Å². The first kappa shape index (κ1) is 12.3. The molecule has 1 aliphatic rings. The second-order valence-corrected chi connectivity index (χ2v) is 4.99. The molecule has 0 unspecified atom stereocenters. The number of nitrogens with zero attached hydrogens (tertiary/aromatic N) is 4. The highest BCUT2D eigenvalue weighted by Gasteiger charge is 2.21. The van der Waals surface area contributed by atoms with Gasteiger partial charge in [0, 0.05) is 5.92 Å². The molecule has 0 amide bonds. The summed E-state index contributed by atoms with van der Waals surface area (Å²) in [5, 5.41) is 15.6. The molecule has 3 rings (SSSR count). The third-order valence-electron chi connectivity index (χ3n) is 3.79. The van der Waals surface area contributed by atoms with E-state index >= 15 is 0 Å². The first-order chi connectivity index (χ1) is 9.38. The van der Waals surface area contributed by atoms with Crippen LogP contribution in [0.5, 0.6) is 0 Å². The summed E-state index contributed by atoms with van der Waals surface area (Å²) in [4.78, 5) is 0. The summed E-state index contributed by atoms with van der Waals surface area (Å²) in [7, 11) is 0. The third-order valence-corrected chi connectivity index (χ3v) is 3.79. The summed E-state index contributed by atoms with van der Waals surface area (Å²) in [5.41, 5.74) is 2.39. The summed E-state index contributed by atoms with van der Waals surface area (Å²) in [6.07, 6.45) is 3.26. The van der Waals surface area contributed by atoms with E-state index in [1.807, 2.05) is 4.68 Å². The monoisotopic (exact) mass is 257 g/mol. The van der Waals surface area contributed by atoms with Gasteiger partial charge in [0.05, 0.1) is 5.69 Å². The van der Waals surface area contributed by atoms with Crippen molar-refractivity contribution in [3.8, 4) is 5.69 Å². The number of hydrogen-bond donors (Lipinski definition) is 1. The number of rotatable bonds is 3. The number of tetrazole rings is 1. The van der Waals surface area contributed by atoms with Crippen LogP contribution in [0.25, 0.3) is 5.69 Å². The van der Waals surface area contributed by atoms with Gasteiger partial charge < -0.3 is 5.32 Å². The average Bonchev–Trinajstić information content (AvgIpc) is 2.98. The smallest absolute Gasteiger partial charge is 0.159 e. The van der Waals surface area contributed by atoms with E-state index in [9.17, 15) is 0 Å². The molecule has 0 radical (unpaired) electrons. The summed E-state index contributed by atoms with van der Waals surface area (Å²) in [6, 6.07) is 8.48. The molecule has 1 fully saturated rings. The van der Waals surface area contributed by atoms with Crippen molar-refractivity contribution in [2.75, 3.05) is 13.1 Å². The second-order valence-electron chi connectivity index (χ2n) is 4.99. The minimum atomic E-state index is 0.460. The molecule has 5 heteroatoms. The molecule has 1 N–H and O–H groups in total. The van der Waals surface area contributed by atoms with Gasteiger partial charge in [-0.3, -0.25) is 0 Å². The van der Waals surface area contributed by atoms with Crippen molar-refractivity contribution >= 4 is 0 Å². The SMILES string of the molecule is CCc1ccc(-n2nnnc2C2CCNCC2)cc1. The molecule has 0 spiro atoms. The van der Waals surface area contributed by atoms with Crippen LogP contribution in [0.3, 0.4) is 0 Å². The maximum Gasteiger partial charge on any atom is 0.159 e. The molecule has 0 atom stereocenters. The lowest BCUT2D eigenvalue weighted by Crippen LogP contribution is -2.28. The van der Waals surface area contributed by atoms with E-state index in [-0.39, 0.29) is 0 Å². The fourth-order valence-electron chi connectivity index (χ4n) is 2.59. The van der Waals surface area contributed by atoms with Gasteiger partial charge in [-0.25, -0.2) is 0 Å². The van der Waals surface area contributed by atoms with Gasteiger partial charge >= 0.3 is 0 Å². The lowest BCUT2D eigenvalue weighted by Gasteiger charge is -2.21. The maximum atomic E-state index is 4.23. The van der Waals surface area contributed by atoms with Crippen molar-refractivity contribution in [1.29, 1.82) is 0 Å². The van der Waals surface area contributed by atoms with Crippen LogP contribution in [0.1, 0.15) is 37.1 Å². The van der Waals surface area contributed by atoms with Crippen LogP contribution in [-0.4, -0.2) is 33.3 Å². The largest absolute Gasteiger partial charge is 0.317 e. The lowest BCUT2D eigenvalue weighted by atomic mass is 9.97. The number of aromatic nitrogens is 4. The van der Waals surface area contributed by atoms with Gasteiger partial charge in [-0.1, -0.05) is 19.1 Å². The zero-order chi connectivity index (χ0) is 13.1. The predicted molar refractivity (Wildman–Crippen MR) is 73.4 cm³/mol. The van der Waals surface area contributed by atoms with Gasteiger partial charge in [0.2, 0.25) is 0 Å². The molecule has 2 heterocycles. The van der Waals surface area contributed by atoms with Crippen LogP contribution in [0.15, 0.2) is 24.3 Å². The van der Waals surface area contributed by atoms with E-state index in [1.54, 1.807) is 0 Å². The molecule has 100 valence electrons. The molecule has 0 bridgehead atoms. The summed E-state index contributed by atoms with van der Waals surface area (Å²) in [5.74, 6) is 1.45. The summed E-state index contributed by atoms with van der Waals surface area (Å²) >= 11 is 0. The Labute approximate surface area is 113 Å². The van der Waals surface area contributed by atoms with Crippen LogP contribution in [-0.2, 0) is 6.42 Å². The average molecular weight is 257 g/mol. The van der Waals surface area contributed by atoms with E-state index in [4.69, 9.17) is 0 Å². The zero-order valence-electron chi connectivity index (χ0n) is 11.2. The van der Waals surface area contributed by atoms with Crippen LogP contribution >= 0.6 is 0 Å². The van der Waals surface area contributed by atoms with Gasteiger partial charge in [0.15, 0.2) is 5.82 Å². The van der Waals surface area contributed by atoms with Gasteiger partial charge in [-0.15, -0.1) is 5.10 Å². The highest BCUT2D eigenvalue weighted by Crippen LogP contribution is 2.24. The van der Waals surface area contributed by atoms with Crippen molar-refractivity contribution in [1.82, 2.24) is 25.5 Å². The number of piperidine rings is 1. The molecule has 0 saturated carbocycles. The quantitative estimate of drug-likeness (QED) is 0.909. The lowest BCUT2D eigenvalue weighted by molar-refractivity contribution is 0.438. The Balaban J connectivity index is 1.89. The zero-order valence-corrected chi connectivity index (χ0v) is 11.2. The molecule has 1 aromatic carbocycles. The topological polar surface area (TPSA) is 55.6 Å². The highest BCUT2D eigenvalue weighted by molar-refractivity contribution is 5.34. The van der Waals surface area contributed by atoms with Crippen LogP contribution in [0, 0.1) is 0 Å². The van der Waals surface area contributed by atoms with Crippen LogP contribution < -0.4 is 5.32 Å². The summed E-state index contributed by atoms with van der Waals surface area (Å²) < 4.78 is 1.88. The van der Waals surface area contributed by atoms with Gasteiger partial charge in [-0.2, -0.15) is 4.68 Å². The van der Waals surface area contributed by atoms with Gasteiger partial charge in [0.25, 0.3) is 0 Å². The van der Waals surface area contributed by atoms with E-state index in [0.29, 0.717) is 5.92 Å².